The quantitative estimate of drug-likeness (QED) is 0.674. The molecule has 148 valence electrons. The second-order valence-electron chi connectivity index (χ2n) is 9.15. The molecule has 2 heterocycles. The number of amides is 1. The van der Waals surface area contributed by atoms with Gasteiger partial charge in [-0.1, -0.05) is 30.7 Å². The van der Waals surface area contributed by atoms with Gasteiger partial charge in [0.2, 0.25) is 0 Å². The predicted molar refractivity (Wildman–Crippen MR) is 116 cm³/mol. The first-order chi connectivity index (χ1) is 13.7. The first-order valence-corrected chi connectivity index (χ1v) is 11.7. The number of carbonyl (C=O) groups excluding carboxylic acids is 1. The van der Waals surface area contributed by atoms with Crippen LogP contribution in [-0.2, 0) is 0 Å². The molecule has 5 rings (SSSR count). The van der Waals surface area contributed by atoms with Crippen LogP contribution in [0.1, 0.15) is 54.6 Å². The highest BCUT2D eigenvalue weighted by Gasteiger charge is 2.49. The summed E-state index contributed by atoms with van der Waals surface area (Å²) in [6.07, 6.45) is 9.28. The molecule has 0 atom stereocenters. The van der Waals surface area contributed by atoms with Gasteiger partial charge in [-0.2, -0.15) is 0 Å². The predicted octanol–water partition coefficient (Wildman–Crippen LogP) is 5.44. The average Bonchev–Trinajstić information content (AvgIpc) is 3.20. The number of piperidine rings is 1. The highest BCUT2D eigenvalue weighted by molar-refractivity contribution is 7.12. The van der Waals surface area contributed by atoms with E-state index in [1.807, 2.05) is 35.7 Å². The maximum atomic E-state index is 13.3. The van der Waals surface area contributed by atoms with Gasteiger partial charge in [-0.3, -0.25) is 4.79 Å². The second kappa shape index (κ2) is 7.64. The molecule has 3 fully saturated rings. The van der Waals surface area contributed by atoms with Crippen molar-refractivity contribution >= 4 is 22.9 Å². The topological polar surface area (TPSA) is 23.6 Å². The van der Waals surface area contributed by atoms with Gasteiger partial charge in [0.15, 0.2) is 0 Å². The molecule has 1 aromatic heterocycles. The second-order valence-corrected chi connectivity index (χ2v) is 10.1. The van der Waals surface area contributed by atoms with Crippen molar-refractivity contribution in [2.75, 3.05) is 24.5 Å². The lowest BCUT2D eigenvalue weighted by Crippen LogP contribution is -2.57. The van der Waals surface area contributed by atoms with Gasteiger partial charge in [0.1, 0.15) is 0 Å². The maximum absolute atomic E-state index is 13.3. The number of carbonyl (C=O) groups is 1. The Morgan fingerprint density at radius 1 is 1.07 bits per heavy atom. The van der Waals surface area contributed by atoms with Gasteiger partial charge >= 0.3 is 0 Å². The molecule has 3 aliphatic rings. The third-order valence-electron chi connectivity index (χ3n) is 7.35. The number of hydrogen-bond acceptors (Lipinski definition) is 3. The van der Waals surface area contributed by atoms with E-state index in [1.165, 1.54) is 51.7 Å². The molecule has 1 spiro atoms. The van der Waals surface area contributed by atoms with Gasteiger partial charge in [-0.15, -0.1) is 11.3 Å². The van der Waals surface area contributed by atoms with Gasteiger partial charge in [0.25, 0.3) is 5.91 Å². The zero-order chi connectivity index (χ0) is 19.0. The van der Waals surface area contributed by atoms with Gasteiger partial charge in [0.05, 0.1) is 4.88 Å². The zero-order valence-electron chi connectivity index (χ0n) is 16.6. The molecular formula is C24H30N2OS. The van der Waals surface area contributed by atoms with Gasteiger partial charge in [-0.05, 0) is 86.5 Å². The minimum absolute atomic E-state index is 0.170. The molecule has 1 saturated heterocycles. The fourth-order valence-electron chi connectivity index (χ4n) is 5.38. The Morgan fingerprint density at radius 2 is 1.82 bits per heavy atom. The Kier molecular flexibility index (Phi) is 5.02. The van der Waals surface area contributed by atoms with E-state index in [1.54, 1.807) is 11.3 Å². The number of likely N-dealkylation sites (tertiary alicyclic amines) is 1. The molecule has 0 radical (unpaired) electrons. The molecule has 1 aliphatic heterocycles. The molecule has 2 aromatic rings. The Balaban J connectivity index is 1.25. The molecule has 0 unspecified atom stereocenters. The first kappa shape index (κ1) is 18.4. The fourth-order valence-corrected chi connectivity index (χ4v) is 6.04. The van der Waals surface area contributed by atoms with Crippen molar-refractivity contribution < 1.29 is 4.79 Å². The van der Waals surface area contributed by atoms with Crippen LogP contribution in [0.4, 0.5) is 5.69 Å². The minimum Gasteiger partial charge on any atom is -0.305 e. The van der Waals surface area contributed by atoms with Crippen LogP contribution in [0.3, 0.4) is 0 Å². The highest BCUT2D eigenvalue weighted by atomic mass is 32.1. The SMILES string of the molecule is O=C(c1cccs1)N(c1ccccc1)C1CC2(CCN(CC3CCC3)CC2)C1. The van der Waals surface area contributed by atoms with Crippen molar-refractivity contribution in [1.82, 2.24) is 4.90 Å². The van der Waals surface area contributed by atoms with Crippen LogP contribution in [0.25, 0.3) is 0 Å². The Morgan fingerprint density at radius 3 is 2.43 bits per heavy atom. The average molecular weight is 395 g/mol. The van der Waals surface area contributed by atoms with Crippen molar-refractivity contribution in [3.8, 4) is 0 Å². The van der Waals surface area contributed by atoms with E-state index in [4.69, 9.17) is 0 Å². The molecule has 0 bridgehead atoms. The summed E-state index contributed by atoms with van der Waals surface area (Å²) in [7, 11) is 0. The van der Waals surface area contributed by atoms with E-state index in [0.717, 1.165) is 29.3 Å². The van der Waals surface area contributed by atoms with Crippen molar-refractivity contribution in [2.45, 2.75) is 51.0 Å². The number of rotatable bonds is 5. The van der Waals surface area contributed by atoms with E-state index in [0.29, 0.717) is 11.5 Å². The zero-order valence-corrected chi connectivity index (χ0v) is 17.4. The molecule has 2 aliphatic carbocycles. The summed E-state index contributed by atoms with van der Waals surface area (Å²) in [5.41, 5.74) is 1.52. The summed E-state index contributed by atoms with van der Waals surface area (Å²) in [6, 6.07) is 14.5. The summed E-state index contributed by atoms with van der Waals surface area (Å²) >= 11 is 1.55. The molecule has 2 saturated carbocycles. The summed E-state index contributed by atoms with van der Waals surface area (Å²) in [5.74, 6) is 1.14. The molecule has 1 aromatic carbocycles. The lowest BCUT2D eigenvalue weighted by molar-refractivity contribution is 0.00680. The van der Waals surface area contributed by atoms with Crippen molar-refractivity contribution in [3.05, 3.63) is 52.7 Å². The fraction of sp³-hybridized carbons (Fsp3) is 0.542. The Labute approximate surface area is 172 Å². The number of thiophene rings is 1. The first-order valence-electron chi connectivity index (χ1n) is 10.9. The highest BCUT2D eigenvalue weighted by Crippen LogP contribution is 2.52. The minimum atomic E-state index is 0.170. The number of para-hydroxylation sites is 1. The molecule has 28 heavy (non-hydrogen) atoms. The van der Waals surface area contributed by atoms with Gasteiger partial charge < -0.3 is 9.80 Å². The number of anilines is 1. The number of hydrogen-bond donors (Lipinski definition) is 0. The van der Waals surface area contributed by atoms with E-state index in [2.05, 4.69) is 21.9 Å². The third kappa shape index (κ3) is 3.53. The molecule has 1 amide bonds. The van der Waals surface area contributed by atoms with Gasteiger partial charge in [-0.25, -0.2) is 0 Å². The van der Waals surface area contributed by atoms with Crippen LogP contribution in [-0.4, -0.2) is 36.5 Å². The van der Waals surface area contributed by atoms with E-state index >= 15 is 0 Å². The van der Waals surface area contributed by atoms with Crippen molar-refractivity contribution in [3.63, 3.8) is 0 Å². The van der Waals surface area contributed by atoms with Crippen LogP contribution in [0.2, 0.25) is 0 Å². The van der Waals surface area contributed by atoms with E-state index in [-0.39, 0.29) is 5.91 Å². The molecule has 3 nitrogen and oxygen atoms in total. The van der Waals surface area contributed by atoms with E-state index < -0.39 is 0 Å². The summed E-state index contributed by atoms with van der Waals surface area (Å²) in [6.45, 7) is 3.84. The monoisotopic (exact) mass is 394 g/mol. The van der Waals surface area contributed by atoms with E-state index in [9.17, 15) is 4.79 Å². The van der Waals surface area contributed by atoms with Crippen molar-refractivity contribution in [2.24, 2.45) is 11.3 Å². The number of nitrogens with zero attached hydrogens (tertiary/aromatic N) is 2. The molecule has 4 heteroatoms. The molecule has 0 N–H and O–H groups in total. The summed E-state index contributed by atoms with van der Waals surface area (Å²) in [5, 5.41) is 2.00. The third-order valence-corrected chi connectivity index (χ3v) is 8.20. The normalized spacial score (nSPS) is 22.6. The van der Waals surface area contributed by atoms with Gasteiger partial charge in [0, 0.05) is 18.3 Å². The standard InChI is InChI=1S/C24H30N2OS/c27-23(22-10-5-15-28-22)26(20-8-2-1-3-9-20)21-16-24(17-21)11-13-25(14-12-24)18-19-6-4-7-19/h1-3,5,8-10,15,19,21H,4,6-7,11-14,16-18H2. The maximum Gasteiger partial charge on any atom is 0.268 e. The lowest BCUT2D eigenvalue weighted by atomic mass is 9.59. The number of benzene rings is 1. The largest absolute Gasteiger partial charge is 0.305 e. The smallest absolute Gasteiger partial charge is 0.268 e. The van der Waals surface area contributed by atoms with Crippen LogP contribution < -0.4 is 4.90 Å². The van der Waals surface area contributed by atoms with Crippen LogP contribution in [0.15, 0.2) is 47.8 Å². The van der Waals surface area contributed by atoms with Crippen LogP contribution >= 0.6 is 11.3 Å². The molecular weight excluding hydrogens is 364 g/mol. The Bertz CT molecular complexity index is 783. The van der Waals surface area contributed by atoms with Crippen molar-refractivity contribution in [1.29, 1.82) is 0 Å². The summed E-state index contributed by atoms with van der Waals surface area (Å²) < 4.78 is 0. The summed E-state index contributed by atoms with van der Waals surface area (Å²) in [4.78, 5) is 18.9. The lowest BCUT2D eigenvalue weighted by Gasteiger charge is -2.55. The van der Waals surface area contributed by atoms with Crippen LogP contribution in [0.5, 0.6) is 0 Å². The Hall–Kier alpha value is -1.65. The van der Waals surface area contributed by atoms with Crippen LogP contribution in [0, 0.1) is 11.3 Å².